The highest BCUT2D eigenvalue weighted by molar-refractivity contribution is 5.81. The first kappa shape index (κ1) is 17.4. The third-order valence-corrected chi connectivity index (χ3v) is 4.44. The molecule has 1 atom stereocenters. The molecule has 1 aliphatic rings. The van der Waals surface area contributed by atoms with Crippen LogP contribution in [-0.2, 0) is 4.79 Å². The Labute approximate surface area is 124 Å². The highest BCUT2D eigenvalue weighted by atomic mass is 16.2. The van der Waals surface area contributed by atoms with Crippen LogP contribution in [0.1, 0.15) is 53.4 Å². The van der Waals surface area contributed by atoms with E-state index in [1.165, 1.54) is 25.7 Å². The average molecular weight is 283 g/mol. The van der Waals surface area contributed by atoms with Crippen LogP contribution in [0.3, 0.4) is 0 Å². The fourth-order valence-corrected chi connectivity index (χ4v) is 2.93. The molecule has 2 N–H and O–H groups in total. The molecule has 1 fully saturated rings. The van der Waals surface area contributed by atoms with E-state index in [9.17, 15) is 4.79 Å². The Hall–Kier alpha value is -0.610. The van der Waals surface area contributed by atoms with Crippen LogP contribution < -0.4 is 10.6 Å². The van der Waals surface area contributed by atoms with E-state index in [-0.39, 0.29) is 11.9 Å². The molecule has 0 aromatic rings. The SMILES string of the molecule is CCNC1CCC(N(C)C(C)C(=O)NCC(C)C)CC1. The van der Waals surface area contributed by atoms with Crippen LogP contribution in [0.2, 0.25) is 0 Å². The second-order valence-electron chi connectivity index (χ2n) is 6.54. The van der Waals surface area contributed by atoms with Crippen LogP contribution in [0.25, 0.3) is 0 Å². The van der Waals surface area contributed by atoms with Crippen LogP contribution in [0.5, 0.6) is 0 Å². The van der Waals surface area contributed by atoms with E-state index in [1.54, 1.807) is 0 Å². The number of hydrogen-bond acceptors (Lipinski definition) is 3. The summed E-state index contributed by atoms with van der Waals surface area (Å²) in [6, 6.07) is 1.19. The Morgan fingerprint density at radius 3 is 2.30 bits per heavy atom. The molecule has 0 aliphatic heterocycles. The van der Waals surface area contributed by atoms with Crippen molar-refractivity contribution in [1.82, 2.24) is 15.5 Å². The van der Waals surface area contributed by atoms with Crippen molar-refractivity contribution in [3.05, 3.63) is 0 Å². The van der Waals surface area contributed by atoms with E-state index < -0.39 is 0 Å². The molecule has 1 saturated carbocycles. The van der Waals surface area contributed by atoms with Crippen molar-refractivity contribution in [3.8, 4) is 0 Å². The fraction of sp³-hybridized carbons (Fsp3) is 0.938. The van der Waals surface area contributed by atoms with Gasteiger partial charge in [-0.1, -0.05) is 20.8 Å². The Morgan fingerprint density at radius 2 is 1.80 bits per heavy atom. The molecule has 0 aromatic heterocycles. The Bertz CT molecular complexity index is 285. The monoisotopic (exact) mass is 283 g/mol. The number of likely N-dealkylation sites (N-methyl/N-ethyl adjacent to an activating group) is 1. The van der Waals surface area contributed by atoms with Crippen LogP contribution >= 0.6 is 0 Å². The van der Waals surface area contributed by atoms with E-state index in [4.69, 9.17) is 0 Å². The first-order chi connectivity index (χ1) is 9.45. The molecule has 1 unspecified atom stereocenters. The zero-order chi connectivity index (χ0) is 15.1. The zero-order valence-corrected chi connectivity index (χ0v) is 13.9. The Morgan fingerprint density at radius 1 is 1.20 bits per heavy atom. The summed E-state index contributed by atoms with van der Waals surface area (Å²) >= 11 is 0. The van der Waals surface area contributed by atoms with Crippen molar-refractivity contribution < 1.29 is 4.79 Å². The lowest BCUT2D eigenvalue weighted by Crippen LogP contribution is -2.50. The van der Waals surface area contributed by atoms with Gasteiger partial charge in [0.1, 0.15) is 0 Å². The summed E-state index contributed by atoms with van der Waals surface area (Å²) in [5.41, 5.74) is 0. The molecule has 0 saturated heterocycles. The topological polar surface area (TPSA) is 44.4 Å². The molecular weight excluding hydrogens is 250 g/mol. The van der Waals surface area contributed by atoms with Crippen LogP contribution in [0, 0.1) is 5.92 Å². The van der Waals surface area contributed by atoms with Crippen molar-refractivity contribution in [2.75, 3.05) is 20.1 Å². The lowest BCUT2D eigenvalue weighted by atomic mass is 9.89. The third kappa shape index (κ3) is 5.41. The normalized spacial score (nSPS) is 24.9. The standard InChI is InChI=1S/C16H33N3O/c1-6-17-14-7-9-15(10-8-14)19(5)13(4)16(20)18-11-12(2)3/h12-15,17H,6-11H2,1-5H3,(H,18,20). The van der Waals surface area contributed by atoms with Gasteiger partial charge in [0, 0.05) is 18.6 Å². The predicted molar refractivity (Wildman–Crippen MR) is 84.8 cm³/mol. The van der Waals surface area contributed by atoms with Gasteiger partial charge in [-0.25, -0.2) is 0 Å². The molecule has 1 aliphatic carbocycles. The molecule has 1 amide bonds. The summed E-state index contributed by atoms with van der Waals surface area (Å²) in [4.78, 5) is 14.4. The van der Waals surface area contributed by atoms with Crippen molar-refractivity contribution in [2.45, 2.75) is 71.5 Å². The minimum atomic E-state index is -0.0329. The molecule has 20 heavy (non-hydrogen) atoms. The number of carbonyl (C=O) groups is 1. The molecule has 0 heterocycles. The van der Waals surface area contributed by atoms with Gasteiger partial charge in [0.05, 0.1) is 6.04 Å². The predicted octanol–water partition coefficient (Wildman–Crippen LogP) is 2.00. The maximum Gasteiger partial charge on any atom is 0.237 e. The summed E-state index contributed by atoms with van der Waals surface area (Å²) in [6.07, 6.45) is 4.83. The van der Waals surface area contributed by atoms with Gasteiger partial charge in [-0.15, -0.1) is 0 Å². The summed E-state index contributed by atoms with van der Waals surface area (Å²) in [5, 5.41) is 6.57. The lowest BCUT2D eigenvalue weighted by molar-refractivity contribution is -0.126. The second kappa shape index (κ2) is 8.63. The Balaban J connectivity index is 2.37. The lowest BCUT2D eigenvalue weighted by Gasteiger charge is -2.37. The van der Waals surface area contributed by atoms with Crippen molar-refractivity contribution >= 4 is 5.91 Å². The molecule has 0 radical (unpaired) electrons. The van der Waals surface area contributed by atoms with Crippen molar-refractivity contribution in [2.24, 2.45) is 5.92 Å². The molecule has 1 rings (SSSR count). The van der Waals surface area contributed by atoms with E-state index in [0.29, 0.717) is 18.0 Å². The number of hydrogen-bond donors (Lipinski definition) is 2. The molecule has 0 spiro atoms. The van der Waals surface area contributed by atoms with Gasteiger partial charge in [-0.2, -0.15) is 0 Å². The van der Waals surface area contributed by atoms with Gasteiger partial charge in [0.15, 0.2) is 0 Å². The number of amides is 1. The largest absolute Gasteiger partial charge is 0.354 e. The van der Waals surface area contributed by atoms with E-state index in [1.807, 2.05) is 6.92 Å². The van der Waals surface area contributed by atoms with Crippen LogP contribution in [-0.4, -0.2) is 49.1 Å². The van der Waals surface area contributed by atoms with Crippen molar-refractivity contribution in [1.29, 1.82) is 0 Å². The van der Waals surface area contributed by atoms with Gasteiger partial charge in [-0.3, -0.25) is 9.69 Å². The van der Waals surface area contributed by atoms with E-state index in [0.717, 1.165) is 13.1 Å². The number of carbonyl (C=O) groups excluding carboxylic acids is 1. The maximum absolute atomic E-state index is 12.1. The summed E-state index contributed by atoms with van der Waals surface area (Å²) in [5.74, 6) is 0.669. The van der Waals surface area contributed by atoms with E-state index in [2.05, 4.69) is 43.4 Å². The zero-order valence-electron chi connectivity index (χ0n) is 13.9. The fourth-order valence-electron chi connectivity index (χ4n) is 2.93. The minimum absolute atomic E-state index is 0.0329. The number of nitrogens with one attached hydrogen (secondary N) is 2. The molecule has 0 aromatic carbocycles. The van der Waals surface area contributed by atoms with Gasteiger partial charge in [0.2, 0.25) is 5.91 Å². The quantitative estimate of drug-likeness (QED) is 0.751. The molecular formula is C16H33N3O. The highest BCUT2D eigenvalue weighted by Crippen LogP contribution is 2.23. The van der Waals surface area contributed by atoms with Gasteiger partial charge in [0.25, 0.3) is 0 Å². The van der Waals surface area contributed by atoms with Crippen LogP contribution in [0.15, 0.2) is 0 Å². The first-order valence-electron chi connectivity index (χ1n) is 8.18. The van der Waals surface area contributed by atoms with Crippen LogP contribution in [0.4, 0.5) is 0 Å². The molecule has 0 bridgehead atoms. The maximum atomic E-state index is 12.1. The average Bonchev–Trinajstić information content (AvgIpc) is 2.44. The first-order valence-corrected chi connectivity index (χ1v) is 8.18. The summed E-state index contributed by atoms with van der Waals surface area (Å²) in [7, 11) is 2.10. The summed E-state index contributed by atoms with van der Waals surface area (Å²) < 4.78 is 0. The minimum Gasteiger partial charge on any atom is -0.354 e. The summed E-state index contributed by atoms with van der Waals surface area (Å²) in [6.45, 7) is 10.3. The molecule has 118 valence electrons. The van der Waals surface area contributed by atoms with Gasteiger partial charge >= 0.3 is 0 Å². The molecule has 4 heteroatoms. The van der Waals surface area contributed by atoms with E-state index >= 15 is 0 Å². The van der Waals surface area contributed by atoms with Crippen molar-refractivity contribution in [3.63, 3.8) is 0 Å². The number of rotatable bonds is 7. The second-order valence-corrected chi connectivity index (χ2v) is 6.54. The Kier molecular flexibility index (Phi) is 7.52. The molecule has 4 nitrogen and oxygen atoms in total. The van der Waals surface area contributed by atoms with Gasteiger partial charge < -0.3 is 10.6 Å². The third-order valence-electron chi connectivity index (χ3n) is 4.44. The smallest absolute Gasteiger partial charge is 0.237 e. The van der Waals surface area contributed by atoms with Gasteiger partial charge in [-0.05, 0) is 52.1 Å². The highest BCUT2D eigenvalue weighted by Gasteiger charge is 2.28. The number of nitrogens with zero attached hydrogens (tertiary/aromatic N) is 1.